The average Bonchev–Trinajstić information content (AvgIpc) is 2.63. The molecule has 0 unspecified atom stereocenters. The van der Waals surface area contributed by atoms with E-state index in [2.05, 4.69) is 44.3 Å². The molecule has 2 fully saturated rings. The van der Waals surface area contributed by atoms with Crippen LogP contribution in [0.25, 0.3) is 0 Å². The Morgan fingerprint density at radius 2 is 1.89 bits per heavy atom. The second kappa shape index (κ2) is 3.79. The third kappa shape index (κ3) is 1.60. The highest BCUT2D eigenvalue weighted by molar-refractivity contribution is 8.09. The summed E-state index contributed by atoms with van der Waals surface area (Å²) in [7, 11) is 0. The summed E-state index contributed by atoms with van der Waals surface area (Å²) < 4.78 is 4.58. The summed E-state index contributed by atoms with van der Waals surface area (Å²) in [5.41, 5.74) is 0.588. The number of hydrogen-bond donors (Lipinski definition) is 0. The van der Waals surface area contributed by atoms with Gasteiger partial charge in [-0.3, -0.25) is 0 Å². The van der Waals surface area contributed by atoms with E-state index in [1.165, 1.54) is 21.3 Å². The summed E-state index contributed by atoms with van der Waals surface area (Å²) in [4.78, 5) is 0. The molecule has 0 saturated heterocycles. The maximum atomic E-state index is 5.38. The predicted molar refractivity (Wildman–Crippen MR) is 86.9 cm³/mol. The molecule has 0 N–H and O–H groups in total. The quantitative estimate of drug-likeness (QED) is 0.540. The van der Waals surface area contributed by atoms with E-state index in [1.807, 2.05) is 22.7 Å². The third-order valence-electron chi connectivity index (χ3n) is 5.10. The lowest BCUT2D eigenvalue weighted by Crippen LogP contribution is -2.40. The van der Waals surface area contributed by atoms with Crippen molar-refractivity contribution in [1.82, 2.24) is 0 Å². The minimum atomic E-state index is 0.450. The second-order valence-corrected chi connectivity index (χ2v) is 12.9. The monoisotopic (exact) mass is 332 g/mol. The molecule has 1 aromatic rings. The molecule has 3 aliphatic rings. The largest absolute Gasteiger partial charge is 0.145 e. The van der Waals surface area contributed by atoms with Crippen LogP contribution in [0.4, 0.5) is 0 Å². The zero-order valence-electron chi connectivity index (χ0n) is 10.7. The van der Waals surface area contributed by atoms with Gasteiger partial charge < -0.3 is 0 Å². The first kappa shape index (κ1) is 12.7. The van der Waals surface area contributed by atoms with Crippen molar-refractivity contribution in [2.24, 2.45) is 17.3 Å². The minimum Gasteiger partial charge on any atom is -0.108 e. The number of thioether (sulfide) groups is 2. The highest BCUT2D eigenvalue weighted by atomic mass is 32.2. The van der Waals surface area contributed by atoms with Crippen molar-refractivity contribution < 1.29 is 0 Å². The van der Waals surface area contributed by atoms with Crippen molar-refractivity contribution in [1.29, 1.82) is 0 Å². The van der Waals surface area contributed by atoms with Crippen molar-refractivity contribution in [3.05, 3.63) is 3.14 Å². The Kier molecular flexibility index (Phi) is 2.67. The van der Waals surface area contributed by atoms with Crippen LogP contribution < -0.4 is 0 Å². The SMILES string of the molecule is CC1(C)[C@@H]2[C@H]1CC[C@@]1(C)Sc3sc(=S)sc3S[C@@H]21. The van der Waals surface area contributed by atoms with Gasteiger partial charge >= 0.3 is 0 Å². The zero-order valence-corrected chi connectivity index (χ0v) is 14.8. The maximum Gasteiger partial charge on any atom is 0.145 e. The molecular weight excluding hydrogens is 316 g/mol. The molecule has 5 heteroatoms. The lowest BCUT2D eigenvalue weighted by atomic mass is 9.89. The normalized spacial score (nSPS) is 43.8. The van der Waals surface area contributed by atoms with Gasteiger partial charge in [-0.25, -0.2) is 0 Å². The Labute approximate surface area is 130 Å². The van der Waals surface area contributed by atoms with Gasteiger partial charge in [0.05, 0.1) is 8.42 Å². The molecule has 2 heterocycles. The number of fused-ring (bicyclic) bond motifs is 4. The topological polar surface area (TPSA) is 0 Å². The smallest absolute Gasteiger partial charge is 0.108 e. The predicted octanol–water partition coefficient (Wildman–Crippen LogP) is 5.93. The Morgan fingerprint density at radius 3 is 2.67 bits per heavy atom. The summed E-state index contributed by atoms with van der Waals surface area (Å²) in [6, 6.07) is 0. The molecule has 2 aliphatic carbocycles. The second-order valence-electron chi connectivity index (χ2n) is 6.47. The van der Waals surface area contributed by atoms with Crippen LogP contribution in [0.5, 0.6) is 0 Å². The molecule has 0 bridgehead atoms. The van der Waals surface area contributed by atoms with Gasteiger partial charge in [-0.15, -0.1) is 46.2 Å². The molecule has 0 nitrogen and oxygen atoms in total. The van der Waals surface area contributed by atoms with Gasteiger partial charge in [-0.05, 0) is 37.0 Å². The van der Waals surface area contributed by atoms with Gasteiger partial charge in [0.15, 0.2) is 0 Å². The Balaban J connectivity index is 1.77. The van der Waals surface area contributed by atoms with E-state index in [-0.39, 0.29) is 0 Å². The van der Waals surface area contributed by atoms with E-state index in [1.54, 1.807) is 0 Å². The van der Waals surface area contributed by atoms with Gasteiger partial charge in [-0.1, -0.05) is 26.1 Å². The van der Waals surface area contributed by atoms with Crippen molar-refractivity contribution in [2.75, 3.05) is 0 Å². The molecule has 18 heavy (non-hydrogen) atoms. The molecule has 0 spiro atoms. The van der Waals surface area contributed by atoms with Crippen LogP contribution >= 0.6 is 58.4 Å². The molecule has 1 aromatic heterocycles. The van der Waals surface area contributed by atoms with Gasteiger partial charge in [0.1, 0.15) is 3.14 Å². The standard InChI is InChI=1S/C13H16S5/c1-12(2)6-4-5-13(3)8(7(6)12)15-9-10(18-13)17-11(14)16-9/h6-8H,4-5H2,1-3H3/t6-,7-,8+,13-/m1/s1. The fraction of sp³-hybridized carbons (Fsp3) is 0.769. The molecule has 4 rings (SSSR count). The maximum absolute atomic E-state index is 5.38. The average molecular weight is 333 g/mol. The summed E-state index contributed by atoms with van der Waals surface area (Å²) in [5.74, 6) is 1.92. The van der Waals surface area contributed by atoms with Crippen molar-refractivity contribution in [3.8, 4) is 0 Å². The van der Waals surface area contributed by atoms with E-state index in [0.29, 0.717) is 10.2 Å². The van der Waals surface area contributed by atoms with Crippen LogP contribution in [-0.4, -0.2) is 10.00 Å². The molecule has 0 radical (unpaired) electrons. The fourth-order valence-electron chi connectivity index (χ4n) is 3.93. The lowest BCUT2D eigenvalue weighted by molar-refractivity contribution is 0.414. The van der Waals surface area contributed by atoms with E-state index in [9.17, 15) is 0 Å². The van der Waals surface area contributed by atoms with Crippen LogP contribution in [0.15, 0.2) is 8.42 Å². The van der Waals surface area contributed by atoms with Gasteiger partial charge in [-0.2, -0.15) is 0 Å². The lowest BCUT2D eigenvalue weighted by Gasteiger charge is -2.43. The molecule has 98 valence electrons. The van der Waals surface area contributed by atoms with E-state index >= 15 is 0 Å². The number of hydrogen-bond acceptors (Lipinski definition) is 5. The summed E-state index contributed by atoms with van der Waals surface area (Å²) in [5, 5.41) is 0.809. The molecule has 0 amide bonds. The molecule has 4 atom stereocenters. The first-order valence-corrected chi connectivity index (χ1v) is 10.2. The fourth-order valence-corrected chi connectivity index (χ4v) is 11.6. The van der Waals surface area contributed by atoms with Crippen LogP contribution in [0.2, 0.25) is 0 Å². The van der Waals surface area contributed by atoms with Crippen LogP contribution in [0, 0.1) is 20.4 Å². The van der Waals surface area contributed by atoms with E-state index in [0.717, 1.165) is 20.2 Å². The van der Waals surface area contributed by atoms with Gasteiger partial charge in [0.2, 0.25) is 0 Å². The third-order valence-corrected chi connectivity index (χ3v) is 11.7. The first-order valence-electron chi connectivity index (χ1n) is 6.41. The highest BCUT2D eigenvalue weighted by Crippen LogP contribution is 2.74. The van der Waals surface area contributed by atoms with Crippen molar-refractivity contribution in [2.45, 2.75) is 52.0 Å². The summed E-state index contributed by atoms with van der Waals surface area (Å²) >= 11 is 13.3. The zero-order chi connectivity index (χ0) is 12.7. The van der Waals surface area contributed by atoms with Crippen LogP contribution in [0.3, 0.4) is 0 Å². The van der Waals surface area contributed by atoms with E-state index < -0.39 is 0 Å². The molecule has 0 aromatic carbocycles. The van der Waals surface area contributed by atoms with Crippen molar-refractivity contribution >= 4 is 58.4 Å². The Morgan fingerprint density at radius 1 is 1.17 bits per heavy atom. The number of rotatable bonds is 0. The van der Waals surface area contributed by atoms with Gasteiger partial charge in [0, 0.05) is 10.00 Å². The molecular formula is C13H16S5. The van der Waals surface area contributed by atoms with Crippen LogP contribution in [0.1, 0.15) is 33.6 Å². The molecule has 1 aliphatic heterocycles. The van der Waals surface area contributed by atoms with E-state index in [4.69, 9.17) is 12.2 Å². The first-order chi connectivity index (χ1) is 8.42. The summed E-state index contributed by atoms with van der Waals surface area (Å²) in [6.45, 7) is 7.45. The van der Waals surface area contributed by atoms with Crippen molar-refractivity contribution in [3.63, 3.8) is 0 Å². The Bertz CT molecular complexity index is 568. The van der Waals surface area contributed by atoms with Crippen LogP contribution in [-0.2, 0) is 0 Å². The Hall–Kier alpha value is 0.970. The van der Waals surface area contributed by atoms with Gasteiger partial charge in [0.25, 0.3) is 0 Å². The minimum absolute atomic E-state index is 0.450. The highest BCUT2D eigenvalue weighted by Gasteiger charge is 2.67. The summed E-state index contributed by atoms with van der Waals surface area (Å²) in [6.07, 6.45) is 2.82. The molecule has 2 saturated carbocycles.